The molecule has 0 fully saturated rings. The number of aliphatic imine (C=N–C) groups is 1. The summed E-state index contributed by atoms with van der Waals surface area (Å²) < 4.78 is 5.28. The van der Waals surface area contributed by atoms with E-state index in [1.165, 1.54) is 11.1 Å². The lowest BCUT2D eigenvalue weighted by atomic mass is 9.97. The van der Waals surface area contributed by atoms with Gasteiger partial charge in [-0.15, -0.1) is 0 Å². The van der Waals surface area contributed by atoms with Crippen LogP contribution >= 0.6 is 0 Å². The third-order valence-electron chi connectivity index (χ3n) is 4.51. The van der Waals surface area contributed by atoms with Crippen LogP contribution in [0.5, 0.6) is 5.75 Å². The zero-order chi connectivity index (χ0) is 17.1. The van der Waals surface area contributed by atoms with Gasteiger partial charge < -0.3 is 10.1 Å². The number of hydrogen-bond acceptors (Lipinski definition) is 3. The highest BCUT2D eigenvalue weighted by Crippen LogP contribution is 2.35. The summed E-state index contributed by atoms with van der Waals surface area (Å²) in [6.45, 7) is 0. The molecule has 0 aromatic heterocycles. The molecular weight excluding hydrogens is 308 g/mol. The van der Waals surface area contributed by atoms with Crippen LogP contribution in [-0.2, 0) is 0 Å². The Morgan fingerprint density at radius 3 is 2.36 bits per heavy atom. The minimum absolute atomic E-state index is 0.161. The molecule has 3 aromatic carbocycles. The van der Waals surface area contributed by atoms with Crippen molar-refractivity contribution in [1.82, 2.24) is 0 Å². The predicted molar refractivity (Wildman–Crippen MR) is 103 cm³/mol. The van der Waals surface area contributed by atoms with E-state index in [9.17, 15) is 0 Å². The number of para-hydroxylation sites is 2. The minimum Gasteiger partial charge on any atom is -0.497 e. The van der Waals surface area contributed by atoms with Gasteiger partial charge in [-0.2, -0.15) is 0 Å². The summed E-state index contributed by atoms with van der Waals surface area (Å²) in [5.74, 6) is 0.870. The fourth-order valence-electron chi connectivity index (χ4n) is 3.17. The van der Waals surface area contributed by atoms with Crippen LogP contribution in [-0.4, -0.2) is 12.8 Å². The zero-order valence-electron chi connectivity index (χ0n) is 14.1. The molecule has 124 valence electrons. The standard InChI is InChI=1S/C22H20N2O/c1-25-18-13-11-17(12-14-18)22-15-21(16-7-3-2-4-8-16)23-19-9-5-6-10-20(19)24-22/h2-14,22,24H,15H2,1H3/t22-/m0/s1. The fourth-order valence-corrected chi connectivity index (χ4v) is 3.17. The number of anilines is 1. The molecule has 0 bridgehead atoms. The van der Waals surface area contributed by atoms with Gasteiger partial charge in [-0.25, -0.2) is 0 Å². The van der Waals surface area contributed by atoms with E-state index in [0.717, 1.165) is 29.3 Å². The molecule has 0 aliphatic carbocycles. The highest BCUT2D eigenvalue weighted by atomic mass is 16.5. The second-order valence-corrected chi connectivity index (χ2v) is 6.12. The SMILES string of the molecule is COc1ccc([C@@H]2CC(c3ccccc3)=Nc3ccccc3N2)cc1. The average molecular weight is 328 g/mol. The van der Waals surface area contributed by atoms with E-state index < -0.39 is 0 Å². The summed E-state index contributed by atoms with van der Waals surface area (Å²) >= 11 is 0. The number of ether oxygens (including phenoxy) is 1. The normalized spacial score (nSPS) is 16.2. The van der Waals surface area contributed by atoms with E-state index in [2.05, 4.69) is 53.8 Å². The van der Waals surface area contributed by atoms with Crippen LogP contribution in [0.4, 0.5) is 11.4 Å². The molecule has 1 aliphatic heterocycles. The number of nitrogens with zero attached hydrogens (tertiary/aromatic N) is 1. The Balaban J connectivity index is 1.76. The largest absolute Gasteiger partial charge is 0.497 e. The van der Waals surface area contributed by atoms with Crippen molar-refractivity contribution < 1.29 is 4.74 Å². The number of benzene rings is 3. The summed E-state index contributed by atoms with van der Waals surface area (Å²) in [4.78, 5) is 4.95. The number of rotatable bonds is 3. The van der Waals surface area contributed by atoms with Crippen molar-refractivity contribution in [3.63, 3.8) is 0 Å². The minimum atomic E-state index is 0.161. The van der Waals surface area contributed by atoms with E-state index in [1.807, 2.05) is 30.3 Å². The first-order chi connectivity index (χ1) is 12.3. The Hall–Kier alpha value is -3.07. The highest BCUT2D eigenvalue weighted by Gasteiger charge is 2.20. The van der Waals surface area contributed by atoms with Crippen molar-refractivity contribution in [1.29, 1.82) is 0 Å². The fraction of sp³-hybridized carbons (Fsp3) is 0.136. The quantitative estimate of drug-likeness (QED) is 0.701. The molecule has 0 spiro atoms. The van der Waals surface area contributed by atoms with Gasteiger partial charge in [-0.3, -0.25) is 4.99 Å². The van der Waals surface area contributed by atoms with Gasteiger partial charge in [0.15, 0.2) is 0 Å². The molecule has 1 atom stereocenters. The monoisotopic (exact) mass is 328 g/mol. The van der Waals surface area contributed by atoms with E-state index in [1.54, 1.807) is 7.11 Å². The van der Waals surface area contributed by atoms with Crippen molar-refractivity contribution in [2.45, 2.75) is 12.5 Å². The van der Waals surface area contributed by atoms with Crippen molar-refractivity contribution >= 4 is 17.1 Å². The van der Waals surface area contributed by atoms with Crippen molar-refractivity contribution in [3.8, 4) is 5.75 Å². The first-order valence-corrected chi connectivity index (χ1v) is 8.46. The third-order valence-corrected chi connectivity index (χ3v) is 4.51. The van der Waals surface area contributed by atoms with Crippen molar-refractivity contribution in [2.75, 3.05) is 12.4 Å². The molecule has 0 saturated heterocycles. The van der Waals surface area contributed by atoms with Gasteiger partial charge in [-0.1, -0.05) is 54.6 Å². The lowest BCUT2D eigenvalue weighted by Crippen LogP contribution is -2.14. The maximum absolute atomic E-state index is 5.28. The van der Waals surface area contributed by atoms with Crippen LogP contribution in [0.3, 0.4) is 0 Å². The molecule has 4 rings (SSSR count). The summed E-state index contributed by atoms with van der Waals surface area (Å²) in [5.41, 5.74) is 5.53. The van der Waals surface area contributed by atoms with Gasteiger partial charge >= 0.3 is 0 Å². The Labute approximate surface area is 148 Å². The molecule has 3 heteroatoms. The molecule has 3 aromatic rings. The number of fused-ring (bicyclic) bond motifs is 1. The smallest absolute Gasteiger partial charge is 0.118 e. The summed E-state index contributed by atoms with van der Waals surface area (Å²) in [5, 5.41) is 3.66. The predicted octanol–water partition coefficient (Wildman–Crippen LogP) is 5.37. The van der Waals surface area contributed by atoms with Crippen LogP contribution in [0, 0.1) is 0 Å². The molecule has 0 saturated carbocycles. The van der Waals surface area contributed by atoms with E-state index in [-0.39, 0.29) is 6.04 Å². The lowest BCUT2D eigenvalue weighted by Gasteiger charge is -2.19. The van der Waals surface area contributed by atoms with Gasteiger partial charge in [0, 0.05) is 6.42 Å². The highest BCUT2D eigenvalue weighted by molar-refractivity contribution is 6.04. The molecular formula is C22H20N2O. The molecule has 0 unspecified atom stereocenters. The van der Waals surface area contributed by atoms with Crippen LogP contribution in [0.15, 0.2) is 83.9 Å². The zero-order valence-corrected chi connectivity index (χ0v) is 14.1. The maximum Gasteiger partial charge on any atom is 0.118 e. The Morgan fingerprint density at radius 1 is 0.880 bits per heavy atom. The maximum atomic E-state index is 5.28. The van der Waals surface area contributed by atoms with Gasteiger partial charge in [0.2, 0.25) is 0 Å². The summed E-state index contributed by atoms with van der Waals surface area (Å²) in [7, 11) is 1.69. The molecule has 0 amide bonds. The topological polar surface area (TPSA) is 33.6 Å². The molecule has 3 nitrogen and oxygen atoms in total. The van der Waals surface area contributed by atoms with Crippen molar-refractivity contribution in [2.24, 2.45) is 4.99 Å². The molecule has 25 heavy (non-hydrogen) atoms. The van der Waals surface area contributed by atoms with E-state index in [0.29, 0.717) is 0 Å². The van der Waals surface area contributed by atoms with Crippen LogP contribution in [0.1, 0.15) is 23.6 Å². The second kappa shape index (κ2) is 6.81. The number of hydrogen-bond donors (Lipinski definition) is 1. The molecule has 0 radical (unpaired) electrons. The van der Waals surface area contributed by atoms with Gasteiger partial charge in [0.05, 0.1) is 30.2 Å². The second-order valence-electron chi connectivity index (χ2n) is 6.12. The molecule has 1 aliphatic rings. The third kappa shape index (κ3) is 3.26. The molecule has 1 heterocycles. The Kier molecular flexibility index (Phi) is 4.21. The average Bonchev–Trinajstić information content (AvgIpc) is 2.88. The number of methoxy groups -OCH3 is 1. The van der Waals surface area contributed by atoms with E-state index in [4.69, 9.17) is 9.73 Å². The summed E-state index contributed by atoms with van der Waals surface area (Å²) in [6.07, 6.45) is 0.824. The summed E-state index contributed by atoms with van der Waals surface area (Å²) in [6, 6.07) is 27.0. The number of nitrogens with one attached hydrogen (secondary N) is 1. The first-order valence-electron chi connectivity index (χ1n) is 8.46. The van der Waals surface area contributed by atoms with Crippen LogP contribution in [0.2, 0.25) is 0 Å². The Bertz CT molecular complexity index is 885. The van der Waals surface area contributed by atoms with E-state index >= 15 is 0 Å². The molecule has 1 N–H and O–H groups in total. The first kappa shape index (κ1) is 15.5. The van der Waals surface area contributed by atoms with Gasteiger partial charge in [-0.05, 0) is 35.4 Å². The van der Waals surface area contributed by atoms with Crippen molar-refractivity contribution in [3.05, 3.63) is 90.0 Å². The lowest BCUT2D eigenvalue weighted by molar-refractivity contribution is 0.414. The Morgan fingerprint density at radius 2 is 1.60 bits per heavy atom. The van der Waals surface area contributed by atoms with Gasteiger partial charge in [0.25, 0.3) is 0 Å². The van der Waals surface area contributed by atoms with Crippen LogP contribution in [0.25, 0.3) is 0 Å². The van der Waals surface area contributed by atoms with Gasteiger partial charge in [0.1, 0.15) is 5.75 Å². The van der Waals surface area contributed by atoms with Crippen LogP contribution < -0.4 is 10.1 Å².